The van der Waals surface area contributed by atoms with E-state index < -0.39 is 40.9 Å². The molecule has 5 rings (SSSR count). The number of aromatic nitrogens is 3. The minimum Gasteiger partial charge on any atom is -0.492 e. The zero-order valence-electron chi connectivity index (χ0n) is 19.0. The van der Waals surface area contributed by atoms with Crippen molar-refractivity contribution in [3.05, 3.63) is 77.4 Å². The predicted molar refractivity (Wildman–Crippen MR) is 123 cm³/mol. The van der Waals surface area contributed by atoms with Gasteiger partial charge in [-0.15, -0.1) is 0 Å². The molecule has 0 bridgehead atoms. The second kappa shape index (κ2) is 9.67. The van der Waals surface area contributed by atoms with E-state index in [4.69, 9.17) is 9.47 Å². The number of fused-ring (bicyclic) bond motifs is 1. The first kappa shape index (κ1) is 23.9. The van der Waals surface area contributed by atoms with Crippen molar-refractivity contribution in [3.8, 4) is 17.0 Å². The fourth-order valence-corrected chi connectivity index (χ4v) is 4.22. The van der Waals surface area contributed by atoms with Crippen molar-refractivity contribution < 1.29 is 32.1 Å². The summed E-state index contributed by atoms with van der Waals surface area (Å²) in [5.41, 5.74) is 1.27. The monoisotopic (exact) mass is 500 g/mol. The number of nitrogens with zero attached hydrogens (tertiary/aromatic N) is 4. The van der Waals surface area contributed by atoms with E-state index in [0.29, 0.717) is 24.1 Å². The topological polar surface area (TPSA) is 80.6 Å². The van der Waals surface area contributed by atoms with E-state index in [1.165, 1.54) is 18.5 Å². The Balaban J connectivity index is 1.57. The van der Waals surface area contributed by atoms with Gasteiger partial charge in [-0.3, -0.25) is 0 Å². The van der Waals surface area contributed by atoms with Gasteiger partial charge < -0.3 is 19.5 Å². The largest absolute Gasteiger partial charge is 0.492 e. The van der Waals surface area contributed by atoms with E-state index in [0.717, 1.165) is 32.0 Å². The highest BCUT2D eigenvalue weighted by molar-refractivity contribution is 5.94. The first-order valence-corrected chi connectivity index (χ1v) is 11.0. The molecule has 4 aromatic rings. The van der Waals surface area contributed by atoms with Gasteiger partial charge in [0.05, 0.1) is 31.5 Å². The zero-order chi connectivity index (χ0) is 25.4. The van der Waals surface area contributed by atoms with Crippen molar-refractivity contribution in [3.63, 3.8) is 0 Å². The Hall–Kier alpha value is -3.83. The summed E-state index contributed by atoms with van der Waals surface area (Å²) in [5, 5.41) is 11.4. The number of morpholine rings is 1. The number of aliphatic hydroxyl groups excluding tert-OH is 1. The van der Waals surface area contributed by atoms with Crippen LogP contribution in [0.25, 0.3) is 22.2 Å². The number of benzene rings is 2. The summed E-state index contributed by atoms with van der Waals surface area (Å²) in [6.45, 7) is 2.71. The number of halogens is 4. The average molecular weight is 500 g/mol. The number of hydrogen-bond donors (Lipinski definition) is 1. The van der Waals surface area contributed by atoms with Gasteiger partial charge >= 0.3 is 0 Å². The molecule has 1 aliphatic rings. The molecule has 36 heavy (non-hydrogen) atoms. The van der Waals surface area contributed by atoms with Gasteiger partial charge in [0.15, 0.2) is 5.75 Å². The summed E-state index contributed by atoms with van der Waals surface area (Å²) in [5.74, 6) is -6.58. The second-order valence-electron chi connectivity index (χ2n) is 8.11. The van der Waals surface area contributed by atoms with Crippen molar-refractivity contribution in [1.82, 2.24) is 15.0 Å². The third kappa shape index (κ3) is 4.20. The van der Waals surface area contributed by atoms with Gasteiger partial charge in [-0.2, -0.15) is 13.2 Å². The van der Waals surface area contributed by atoms with Crippen molar-refractivity contribution in [1.29, 1.82) is 0 Å². The molecular formula is C25H20F4N4O3. The number of methoxy groups -OCH3 is 1. The molecule has 2 aromatic carbocycles. The maximum atomic E-state index is 15.0. The maximum absolute atomic E-state index is 15.0. The zero-order valence-corrected chi connectivity index (χ0v) is 19.0. The molecule has 1 aliphatic heterocycles. The highest BCUT2D eigenvalue weighted by Crippen LogP contribution is 2.36. The lowest BCUT2D eigenvalue weighted by Gasteiger charge is -2.29. The molecule has 0 amide bonds. The van der Waals surface area contributed by atoms with Crippen molar-refractivity contribution >= 4 is 16.6 Å². The van der Waals surface area contributed by atoms with Crippen LogP contribution in [0.2, 0.25) is 0 Å². The SMILES string of the molecule is COc1c(C(O)c2ccc(F)c(-c3ncnc4cc(N5CCOCC5)ccc34)c2)nc(F)c(F)c1F. The average Bonchev–Trinajstić information content (AvgIpc) is 2.91. The van der Waals surface area contributed by atoms with E-state index in [1.807, 2.05) is 12.1 Å². The minimum atomic E-state index is -1.83. The van der Waals surface area contributed by atoms with Crippen molar-refractivity contribution in [2.45, 2.75) is 6.10 Å². The van der Waals surface area contributed by atoms with Gasteiger partial charge in [0.2, 0.25) is 11.6 Å². The Kier molecular flexibility index (Phi) is 6.42. The molecule has 1 unspecified atom stereocenters. The predicted octanol–water partition coefficient (Wildman–Crippen LogP) is 4.18. The van der Waals surface area contributed by atoms with Crippen LogP contribution in [0.4, 0.5) is 23.2 Å². The highest BCUT2D eigenvalue weighted by atomic mass is 19.2. The van der Waals surface area contributed by atoms with Crippen LogP contribution in [0.3, 0.4) is 0 Å². The Morgan fingerprint density at radius 2 is 1.78 bits per heavy atom. The number of aliphatic hydroxyl groups is 1. The van der Waals surface area contributed by atoms with E-state index in [9.17, 15) is 22.7 Å². The van der Waals surface area contributed by atoms with Crippen LogP contribution in [0.1, 0.15) is 17.4 Å². The Labute approximate surface area is 203 Å². The number of ether oxygens (including phenoxy) is 2. The number of rotatable bonds is 5. The molecule has 1 N–H and O–H groups in total. The quantitative estimate of drug-likeness (QED) is 0.325. The molecule has 0 radical (unpaired) electrons. The molecular weight excluding hydrogens is 480 g/mol. The third-order valence-electron chi connectivity index (χ3n) is 6.05. The molecule has 1 atom stereocenters. The molecule has 11 heteroatoms. The number of pyridine rings is 1. The minimum absolute atomic E-state index is 0.0279. The van der Waals surface area contributed by atoms with Crippen LogP contribution in [0.15, 0.2) is 42.7 Å². The molecule has 1 saturated heterocycles. The molecule has 0 aliphatic carbocycles. The van der Waals surface area contributed by atoms with Gasteiger partial charge in [0.1, 0.15) is 23.9 Å². The molecule has 0 saturated carbocycles. The Morgan fingerprint density at radius 3 is 2.53 bits per heavy atom. The lowest BCUT2D eigenvalue weighted by Crippen LogP contribution is -2.36. The van der Waals surface area contributed by atoms with Crippen molar-refractivity contribution in [2.24, 2.45) is 0 Å². The first-order valence-electron chi connectivity index (χ1n) is 11.0. The number of anilines is 1. The van der Waals surface area contributed by atoms with E-state index in [1.54, 1.807) is 6.07 Å². The molecule has 2 aromatic heterocycles. The fraction of sp³-hybridized carbons (Fsp3) is 0.240. The van der Waals surface area contributed by atoms with Crippen LogP contribution < -0.4 is 9.64 Å². The summed E-state index contributed by atoms with van der Waals surface area (Å²) < 4.78 is 66.8. The van der Waals surface area contributed by atoms with E-state index in [2.05, 4.69) is 19.9 Å². The van der Waals surface area contributed by atoms with Crippen LogP contribution >= 0.6 is 0 Å². The van der Waals surface area contributed by atoms with E-state index >= 15 is 0 Å². The second-order valence-corrected chi connectivity index (χ2v) is 8.11. The summed E-state index contributed by atoms with van der Waals surface area (Å²) in [6, 6.07) is 9.15. The maximum Gasteiger partial charge on any atom is 0.252 e. The third-order valence-corrected chi connectivity index (χ3v) is 6.05. The van der Waals surface area contributed by atoms with Crippen LogP contribution in [0.5, 0.6) is 5.75 Å². The molecule has 3 heterocycles. The molecule has 1 fully saturated rings. The van der Waals surface area contributed by atoms with E-state index in [-0.39, 0.29) is 16.8 Å². The van der Waals surface area contributed by atoms with Crippen LogP contribution in [-0.2, 0) is 4.74 Å². The van der Waals surface area contributed by atoms with Gasteiger partial charge in [-0.05, 0) is 35.9 Å². The summed E-state index contributed by atoms with van der Waals surface area (Å²) >= 11 is 0. The summed E-state index contributed by atoms with van der Waals surface area (Å²) in [6.07, 6.45) is -0.441. The number of hydrogen-bond acceptors (Lipinski definition) is 7. The molecule has 7 nitrogen and oxygen atoms in total. The molecule has 0 spiro atoms. The standard InChI is InChI=1S/C25H20F4N4O3/c1-35-24-19(27)20(28)25(29)32-22(24)23(34)13-2-5-17(26)16(10-13)21-15-4-3-14(11-18(15)30-12-31-21)33-6-8-36-9-7-33/h2-5,10-12,23,34H,6-9H2,1H3. The van der Waals surface area contributed by atoms with Gasteiger partial charge in [0, 0.05) is 29.7 Å². The summed E-state index contributed by atoms with van der Waals surface area (Å²) in [4.78, 5) is 14.0. The smallest absolute Gasteiger partial charge is 0.252 e. The van der Waals surface area contributed by atoms with Gasteiger partial charge in [-0.25, -0.2) is 19.3 Å². The van der Waals surface area contributed by atoms with Crippen LogP contribution in [0, 0.1) is 23.4 Å². The molecule has 186 valence electrons. The van der Waals surface area contributed by atoms with Gasteiger partial charge in [-0.1, -0.05) is 6.07 Å². The lowest BCUT2D eigenvalue weighted by molar-refractivity contribution is 0.122. The lowest BCUT2D eigenvalue weighted by atomic mass is 9.98. The van der Waals surface area contributed by atoms with Crippen molar-refractivity contribution in [2.75, 3.05) is 38.3 Å². The van der Waals surface area contributed by atoms with Crippen LogP contribution in [-0.4, -0.2) is 53.5 Å². The summed E-state index contributed by atoms with van der Waals surface area (Å²) in [7, 11) is 1.03. The highest BCUT2D eigenvalue weighted by Gasteiger charge is 2.27. The Morgan fingerprint density at radius 1 is 1.00 bits per heavy atom. The first-order chi connectivity index (χ1) is 17.4. The fourth-order valence-electron chi connectivity index (χ4n) is 4.22. The van der Waals surface area contributed by atoms with Gasteiger partial charge in [0.25, 0.3) is 5.95 Å². The Bertz CT molecular complexity index is 1450. The normalized spacial score (nSPS) is 14.8.